The second-order valence-corrected chi connectivity index (χ2v) is 5.49. The van der Waals surface area contributed by atoms with Crippen LogP contribution in [0.2, 0.25) is 0 Å². The molecule has 0 aromatic rings. The zero-order valence-corrected chi connectivity index (χ0v) is 11.6. The molecule has 0 spiro atoms. The van der Waals surface area contributed by atoms with E-state index in [9.17, 15) is 5.11 Å². The predicted octanol–water partition coefficient (Wildman–Crippen LogP) is 3.25. The highest BCUT2D eigenvalue weighted by atomic mass is 16.7. The number of aliphatic hydroxyl groups is 1. The van der Waals surface area contributed by atoms with Gasteiger partial charge in [0.25, 0.3) is 0 Å². The van der Waals surface area contributed by atoms with Crippen molar-refractivity contribution in [2.24, 2.45) is 0 Å². The summed E-state index contributed by atoms with van der Waals surface area (Å²) in [4.78, 5) is 0. The molecule has 1 aliphatic heterocycles. The average Bonchev–Trinajstić information content (AvgIpc) is 2.64. The normalized spacial score (nSPS) is 25.1. The molecule has 1 fully saturated rings. The molecular weight excluding hydrogens is 216 g/mol. The summed E-state index contributed by atoms with van der Waals surface area (Å²) >= 11 is 0. The highest BCUT2D eigenvalue weighted by molar-refractivity contribution is 4.77. The van der Waals surface area contributed by atoms with Gasteiger partial charge in [0.15, 0.2) is 5.79 Å². The molecule has 0 unspecified atom stereocenters. The summed E-state index contributed by atoms with van der Waals surface area (Å²) in [6.45, 7) is 6.53. The quantitative estimate of drug-likeness (QED) is 0.666. The summed E-state index contributed by atoms with van der Waals surface area (Å²) in [5.74, 6) is -0.521. The Morgan fingerprint density at radius 2 is 1.82 bits per heavy atom. The van der Waals surface area contributed by atoms with Crippen LogP contribution in [0.4, 0.5) is 0 Å². The van der Waals surface area contributed by atoms with E-state index in [-0.39, 0.29) is 12.2 Å². The van der Waals surface area contributed by atoms with Crippen molar-refractivity contribution in [1.82, 2.24) is 0 Å². The lowest BCUT2D eigenvalue weighted by molar-refractivity contribution is -0.151. The lowest BCUT2D eigenvalue weighted by Gasteiger charge is -2.20. The van der Waals surface area contributed by atoms with E-state index >= 15 is 0 Å². The predicted molar refractivity (Wildman–Crippen MR) is 68.9 cm³/mol. The Bertz CT molecular complexity index is 204. The first-order valence-electron chi connectivity index (χ1n) is 7.05. The van der Waals surface area contributed by atoms with E-state index < -0.39 is 5.79 Å². The lowest BCUT2D eigenvalue weighted by atomic mass is 10.0. The van der Waals surface area contributed by atoms with Gasteiger partial charge in [-0.05, 0) is 20.3 Å². The van der Waals surface area contributed by atoms with Crippen LogP contribution >= 0.6 is 0 Å². The number of rotatable bonds is 8. The number of hydrogen-bond acceptors (Lipinski definition) is 3. The van der Waals surface area contributed by atoms with Crippen molar-refractivity contribution in [1.29, 1.82) is 0 Å². The van der Waals surface area contributed by atoms with Gasteiger partial charge in [0, 0.05) is 0 Å². The Morgan fingerprint density at radius 1 is 1.18 bits per heavy atom. The number of ether oxygens (including phenoxy) is 2. The fourth-order valence-corrected chi connectivity index (χ4v) is 2.22. The van der Waals surface area contributed by atoms with Gasteiger partial charge in [0.1, 0.15) is 6.10 Å². The first kappa shape index (κ1) is 14.9. The van der Waals surface area contributed by atoms with Gasteiger partial charge < -0.3 is 14.6 Å². The molecule has 0 aliphatic carbocycles. The van der Waals surface area contributed by atoms with Gasteiger partial charge in [-0.3, -0.25) is 0 Å². The molecule has 0 saturated carbocycles. The lowest BCUT2D eigenvalue weighted by Crippen LogP contribution is -2.30. The summed E-state index contributed by atoms with van der Waals surface area (Å²) in [6.07, 6.45) is 7.84. The van der Waals surface area contributed by atoms with Crippen molar-refractivity contribution < 1.29 is 14.6 Å². The topological polar surface area (TPSA) is 38.7 Å². The van der Waals surface area contributed by atoms with E-state index in [4.69, 9.17) is 9.47 Å². The molecule has 1 heterocycles. The molecule has 2 atom stereocenters. The molecule has 0 radical (unpaired) electrons. The highest BCUT2D eigenvalue weighted by Crippen LogP contribution is 2.25. The molecule has 1 rings (SSSR count). The molecule has 1 aliphatic rings. The van der Waals surface area contributed by atoms with Crippen molar-refractivity contribution in [3.05, 3.63) is 0 Å². The van der Waals surface area contributed by atoms with Crippen LogP contribution in [-0.4, -0.2) is 29.7 Å². The minimum Gasteiger partial charge on any atom is -0.390 e. The van der Waals surface area contributed by atoms with Gasteiger partial charge in [-0.1, -0.05) is 45.4 Å². The molecule has 102 valence electrons. The summed E-state index contributed by atoms with van der Waals surface area (Å²) in [5, 5.41) is 9.98. The van der Waals surface area contributed by atoms with E-state index in [1.165, 1.54) is 32.1 Å². The van der Waals surface area contributed by atoms with Crippen LogP contribution in [0, 0.1) is 0 Å². The Morgan fingerprint density at radius 3 is 2.41 bits per heavy atom. The monoisotopic (exact) mass is 244 g/mol. The molecule has 0 amide bonds. The fourth-order valence-electron chi connectivity index (χ4n) is 2.22. The SMILES string of the molecule is CCCCCCCC[C@H](O)[C@H]1COC(C)(C)O1. The van der Waals surface area contributed by atoms with E-state index in [0.717, 1.165) is 12.8 Å². The Labute approximate surface area is 105 Å². The van der Waals surface area contributed by atoms with Crippen LogP contribution in [0.15, 0.2) is 0 Å². The molecule has 1 N–H and O–H groups in total. The molecule has 3 heteroatoms. The molecule has 0 aromatic heterocycles. The summed E-state index contributed by atoms with van der Waals surface area (Å²) < 4.78 is 11.1. The Kier molecular flexibility index (Phi) is 6.45. The third-order valence-corrected chi connectivity index (χ3v) is 3.31. The maximum Gasteiger partial charge on any atom is 0.163 e. The van der Waals surface area contributed by atoms with E-state index in [2.05, 4.69) is 6.92 Å². The largest absolute Gasteiger partial charge is 0.390 e. The maximum atomic E-state index is 9.98. The van der Waals surface area contributed by atoms with Crippen molar-refractivity contribution in [3.8, 4) is 0 Å². The zero-order valence-electron chi connectivity index (χ0n) is 11.6. The summed E-state index contributed by atoms with van der Waals surface area (Å²) in [6, 6.07) is 0. The van der Waals surface area contributed by atoms with Crippen molar-refractivity contribution in [2.75, 3.05) is 6.61 Å². The van der Waals surface area contributed by atoms with Crippen molar-refractivity contribution >= 4 is 0 Å². The smallest absolute Gasteiger partial charge is 0.163 e. The number of aliphatic hydroxyl groups excluding tert-OH is 1. The van der Waals surface area contributed by atoms with Crippen LogP contribution in [0.3, 0.4) is 0 Å². The van der Waals surface area contributed by atoms with Crippen LogP contribution in [0.1, 0.15) is 65.7 Å². The second kappa shape index (κ2) is 7.34. The van der Waals surface area contributed by atoms with E-state index in [1.807, 2.05) is 13.8 Å². The van der Waals surface area contributed by atoms with Gasteiger partial charge in [0.2, 0.25) is 0 Å². The molecule has 0 bridgehead atoms. The number of hydrogen-bond donors (Lipinski definition) is 1. The third kappa shape index (κ3) is 5.84. The molecule has 0 aromatic carbocycles. The van der Waals surface area contributed by atoms with Gasteiger partial charge in [-0.15, -0.1) is 0 Å². The van der Waals surface area contributed by atoms with E-state index in [0.29, 0.717) is 6.61 Å². The van der Waals surface area contributed by atoms with Gasteiger partial charge >= 0.3 is 0 Å². The third-order valence-electron chi connectivity index (χ3n) is 3.31. The van der Waals surface area contributed by atoms with Crippen LogP contribution in [-0.2, 0) is 9.47 Å². The van der Waals surface area contributed by atoms with Crippen molar-refractivity contribution in [3.63, 3.8) is 0 Å². The highest BCUT2D eigenvalue weighted by Gasteiger charge is 2.36. The zero-order chi connectivity index (χ0) is 12.7. The van der Waals surface area contributed by atoms with Gasteiger partial charge in [-0.2, -0.15) is 0 Å². The molecule has 1 saturated heterocycles. The summed E-state index contributed by atoms with van der Waals surface area (Å²) in [5.41, 5.74) is 0. The van der Waals surface area contributed by atoms with Gasteiger partial charge in [-0.25, -0.2) is 0 Å². The molecule has 17 heavy (non-hydrogen) atoms. The van der Waals surface area contributed by atoms with E-state index in [1.54, 1.807) is 0 Å². The molecular formula is C14H28O3. The van der Waals surface area contributed by atoms with Gasteiger partial charge in [0.05, 0.1) is 12.7 Å². The molecule has 3 nitrogen and oxygen atoms in total. The van der Waals surface area contributed by atoms with Crippen LogP contribution < -0.4 is 0 Å². The first-order valence-corrected chi connectivity index (χ1v) is 7.05. The average molecular weight is 244 g/mol. The number of unbranched alkanes of at least 4 members (excludes halogenated alkanes) is 5. The van der Waals surface area contributed by atoms with Crippen LogP contribution in [0.25, 0.3) is 0 Å². The first-order chi connectivity index (χ1) is 8.05. The van der Waals surface area contributed by atoms with Crippen molar-refractivity contribution in [2.45, 2.75) is 83.7 Å². The maximum absolute atomic E-state index is 9.98. The summed E-state index contributed by atoms with van der Waals surface area (Å²) in [7, 11) is 0. The Hall–Kier alpha value is -0.120. The standard InChI is InChI=1S/C14H28O3/c1-4-5-6-7-8-9-10-12(15)13-11-16-14(2,3)17-13/h12-13,15H,4-11H2,1-3H3/t12-,13+/m0/s1. The minimum atomic E-state index is -0.521. The minimum absolute atomic E-state index is 0.138. The Balaban J connectivity index is 2.03. The second-order valence-electron chi connectivity index (χ2n) is 5.49. The van der Waals surface area contributed by atoms with Crippen LogP contribution in [0.5, 0.6) is 0 Å². The fraction of sp³-hybridized carbons (Fsp3) is 1.00.